The topological polar surface area (TPSA) is 219 Å². The minimum absolute atomic E-state index is 0.0212. The maximum absolute atomic E-state index is 13.8. The number of piperazine rings is 1. The van der Waals surface area contributed by atoms with Crippen LogP contribution in [0.2, 0.25) is 0 Å². The van der Waals surface area contributed by atoms with E-state index in [1.165, 1.54) is 6.07 Å². The molecule has 0 aliphatic carbocycles. The second kappa shape index (κ2) is 21.5. The highest BCUT2D eigenvalue weighted by Crippen LogP contribution is 2.38. The summed E-state index contributed by atoms with van der Waals surface area (Å²) in [4.78, 5) is 74.8. The molecule has 5 aromatic heterocycles. The van der Waals surface area contributed by atoms with E-state index in [0.717, 1.165) is 54.3 Å². The molecule has 8 aromatic rings. The Morgan fingerprint density at radius 3 is 2.21 bits per heavy atom. The number of benzene rings is 3. The number of hydrogen-bond donors (Lipinski definition) is 3. The van der Waals surface area contributed by atoms with E-state index in [1.54, 1.807) is 52.5 Å². The Morgan fingerprint density at radius 1 is 0.803 bits per heavy atom. The summed E-state index contributed by atoms with van der Waals surface area (Å²) < 4.78 is 10.8. The predicted molar refractivity (Wildman–Crippen MR) is 287 cm³/mol. The lowest BCUT2D eigenvalue weighted by molar-refractivity contribution is -0.141. The SMILES string of the molecule is CCNC(=O)c1nnc(-c2cc(C(C)C)c(O)cc2O)n1-c1ccc(CN2CCN(Cc3cccc(C(=O)O[C@@H](C)C(=O)N4CCC(n5c(=O)n(C)c6cnc7ccc(-c8ccc(C)nc8)nc7c65)CC4)c3)CC2)cc1. The van der Waals surface area contributed by atoms with Crippen LogP contribution in [0.5, 0.6) is 11.5 Å². The van der Waals surface area contributed by atoms with Gasteiger partial charge in [-0.2, -0.15) is 0 Å². The molecule has 2 aliphatic heterocycles. The van der Waals surface area contributed by atoms with Crippen LogP contribution in [0.4, 0.5) is 0 Å². The summed E-state index contributed by atoms with van der Waals surface area (Å²) in [5.74, 6) is -1.13. The number of aromatic hydroxyl groups is 2. The van der Waals surface area contributed by atoms with Gasteiger partial charge in [-0.3, -0.25) is 43.1 Å². The van der Waals surface area contributed by atoms with Crippen LogP contribution in [0.3, 0.4) is 0 Å². The third kappa shape index (κ3) is 10.3. The van der Waals surface area contributed by atoms with E-state index in [0.29, 0.717) is 90.0 Å². The number of likely N-dealkylation sites (tertiary alicyclic amines) is 1. The number of nitrogens with one attached hydrogen (secondary N) is 1. The van der Waals surface area contributed by atoms with Crippen molar-refractivity contribution in [3.63, 3.8) is 0 Å². The zero-order valence-corrected chi connectivity index (χ0v) is 43.6. The van der Waals surface area contributed by atoms with Crippen molar-refractivity contribution in [2.75, 3.05) is 45.8 Å². The molecule has 2 saturated heterocycles. The van der Waals surface area contributed by atoms with Gasteiger partial charge in [0.25, 0.3) is 11.8 Å². The van der Waals surface area contributed by atoms with Gasteiger partial charge in [-0.1, -0.05) is 38.1 Å². The fourth-order valence-electron chi connectivity index (χ4n) is 10.4. The molecule has 0 saturated carbocycles. The maximum atomic E-state index is 13.8. The first kappa shape index (κ1) is 51.2. The van der Waals surface area contributed by atoms with Crippen molar-refractivity contribution in [3.05, 3.63) is 142 Å². The van der Waals surface area contributed by atoms with Crippen LogP contribution >= 0.6 is 0 Å². The molecule has 10 rings (SSSR count). The number of nitrogens with zero attached hydrogens (tertiary/aromatic N) is 11. The third-order valence-corrected chi connectivity index (χ3v) is 14.6. The van der Waals surface area contributed by atoms with Gasteiger partial charge in [0.2, 0.25) is 5.82 Å². The Kier molecular flexibility index (Phi) is 14.5. The van der Waals surface area contributed by atoms with Gasteiger partial charge in [0, 0.05) is 101 Å². The molecule has 7 heterocycles. The fourth-order valence-corrected chi connectivity index (χ4v) is 10.4. The molecule has 0 spiro atoms. The van der Waals surface area contributed by atoms with Gasteiger partial charge < -0.3 is 25.2 Å². The Labute approximate surface area is 439 Å². The van der Waals surface area contributed by atoms with Crippen molar-refractivity contribution < 1.29 is 29.3 Å². The number of pyridine rings is 3. The highest BCUT2D eigenvalue weighted by atomic mass is 16.5. The van der Waals surface area contributed by atoms with Gasteiger partial charge >= 0.3 is 11.7 Å². The number of carbonyl (C=O) groups excluding carboxylic acids is 3. The number of amides is 2. The van der Waals surface area contributed by atoms with Gasteiger partial charge in [-0.15, -0.1) is 10.2 Å². The Bertz CT molecular complexity index is 3530. The van der Waals surface area contributed by atoms with Gasteiger partial charge in [0.05, 0.1) is 39.6 Å². The van der Waals surface area contributed by atoms with E-state index < -0.39 is 18.0 Å². The number of aryl methyl sites for hydroxylation is 2. The van der Waals surface area contributed by atoms with Crippen molar-refractivity contribution in [1.29, 1.82) is 0 Å². The molecule has 0 unspecified atom stereocenters. The molecule has 0 radical (unpaired) electrons. The van der Waals surface area contributed by atoms with Gasteiger partial charge in [-0.05, 0) is 111 Å². The average Bonchev–Trinajstić information content (AvgIpc) is 3.98. The summed E-state index contributed by atoms with van der Waals surface area (Å²) in [5, 5.41) is 32.8. The lowest BCUT2D eigenvalue weighted by atomic mass is 9.98. The Balaban J connectivity index is 0.731. The first-order valence-electron chi connectivity index (χ1n) is 25.9. The zero-order chi connectivity index (χ0) is 53.4. The zero-order valence-electron chi connectivity index (χ0n) is 43.6. The van der Waals surface area contributed by atoms with Crippen molar-refractivity contribution >= 4 is 39.9 Å². The van der Waals surface area contributed by atoms with Gasteiger partial charge in [-0.25, -0.2) is 14.6 Å². The molecule has 2 aliphatic rings. The number of aromatic nitrogens is 8. The summed E-state index contributed by atoms with van der Waals surface area (Å²) >= 11 is 0. The largest absolute Gasteiger partial charge is 0.508 e. The molecule has 1 atom stereocenters. The highest BCUT2D eigenvalue weighted by Gasteiger charge is 2.32. The summed E-state index contributed by atoms with van der Waals surface area (Å²) in [5.41, 5.74) is 9.07. The molecule has 76 heavy (non-hydrogen) atoms. The second-order valence-electron chi connectivity index (χ2n) is 20.1. The normalized spacial score (nSPS) is 15.2. The van der Waals surface area contributed by atoms with Crippen molar-refractivity contribution in [2.45, 2.75) is 78.6 Å². The number of phenolic OH excluding ortho intramolecular Hbond substituents is 2. The van der Waals surface area contributed by atoms with E-state index in [4.69, 9.17) is 9.72 Å². The number of piperidine rings is 1. The van der Waals surface area contributed by atoms with Crippen molar-refractivity contribution in [1.82, 2.24) is 58.9 Å². The van der Waals surface area contributed by atoms with Crippen LogP contribution < -0.4 is 11.0 Å². The molecule has 3 aromatic carbocycles. The minimum atomic E-state index is -1.01. The monoisotopic (exact) mass is 1030 g/mol. The van der Waals surface area contributed by atoms with E-state index in [2.05, 4.69) is 35.3 Å². The van der Waals surface area contributed by atoms with E-state index in [9.17, 15) is 29.4 Å². The average molecular weight is 1030 g/mol. The number of fused-ring (bicyclic) bond motifs is 3. The van der Waals surface area contributed by atoms with Crippen molar-refractivity contribution in [2.24, 2.45) is 7.05 Å². The number of rotatable bonds is 14. The first-order valence-corrected chi connectivity index (χ1v) is 25.9. The van der Waals surface area contributed by atoms with Crippen LogP contribution in [-0.4, -0.2) is 133 Å². The Hall–Kier alpha value is -8.29. The first-order chi connectivity index (χ1) is 36.6. The van der Waals surface area contributed by atoms with E-state index in [1.807, 2.05) is 99.0 Å². The summed E-state index contributed by atoms with van der Waals surface area (Å²) in [6.45, 7) is 15.1. The van der Waals surface area contributed by atoms with Gasteiger partial charge in [0.15, 0.2) is 11.9 Å². The molecule has 19 heteroatoms. The maximum Gasteiger partial charge on any atom is 0.338 e. The summed E-state index contributed by atoms with van der Waals surface area (Å²) in [7, 11) is 1.74. The third-order valence-electron chi connectivity index (χ3n) is 14.6. The van der Waals surface area contributed by atoms with Crippen molar-refractivity contribution in [3.8, 4) is 39.8 Å². The quantitative estimate of drug-likeness (QED) is 0.0943. The smallest absolute Gasteiger partial charge is 0.338 e. The van der Waals surface area contributed by atoms with Crippen LogP contribution in [0, 0.1) is 6.92 Å². The molecular weight excluding hydrogens is 965 g/mol. The van der Waals surface area contributed by atoms with E-state index in [-0.39, 0.29) is 46.7 Å². The predicted octanol–water partition coefficient (Wildman–Crippen LogP) is 6.91. The van der Waals surface area contributed by atoms with E-state index >= 15 is 0 Å². The molecule has 3 N–H and O–H groups in total. The molecule has 19 nitrogen and oxygen atoms in total. The minimum Gasteiger partial charge on any atom is -0.508 e. The number of imidazole rings is 1. The number of phenols is 2. The number of ether oxygens (including phenoxy) is 1. The Morgan fingerprint density at radius 2 is 1.53 bits per heavy atom. The van der Waals surface area contributed by atoms with Crippen LogP contribution in [0.1, 0.15) is 95.9 Å². The second-order valence-corrected chi connectivity index (χ2v) is 20.1. The summed E-state index contributed by atoms with van der Waals surface area (Å²) in [6.07, 6.45) is 3.56. The number of esters is 1. The highest BCUT2D eigenvalue weighted by molar-refractivity contribution is 6.00. The van der Waals surface area contributed by atoms with Crippen LogP contribution in [0.15, 0.2) is 102 Å². The molecule has 2 amide bonds. The number of carbonyl (C=O) groups is 3. The molecule has 0 bridgehead atoms. The van der Waals surface area contributed by atoms with Gasteiger partial charge in [0.1, 0.15) is 17.0 Å². The standard InChI is InChI=1S/C57H62N12O7/c1-7-58-54(72)53-63-62-52(44-28-43(34(2)3)48(70)29-49(44)71)69(53)41-15-12-37(13-16-41)32-65-23-25-66(26-24-65)33-38-9-8-10-39(27-38)56(74)76-36(5)55(73)67-21-19-42(20-22-67)68-51-47(64(6)57(68)75)31-60-46-18-17-45(61-50(46)51)40-14-11-35(4)59-30-40/h8-18,27-31,34,36,42,70-71H,7,19-26,32-33H2,1-6H3,(H,58,72)/t36-/m0/s1. The number of hydrogen-bond acceptors (Lipinski definition) is 14. The van der Waals surface area contributed by atoms with Crippen LogP contribution in [-0.2, 0) is 29.7 Å². The molecule has 2 fully saturated rings. The molecule has 392 valence electrons. The lowest BCUT2D eigenvalue weighted by Gasteiger charge is -2.34. The summed E-state index contributed by atoms with van der Waals surface area (Å²) in [6, 6.07) is 25.8. The lowest BCUT2D eigenvalue weighted by Crippen LogP contribution is -2.45. The fraction of sp³-hybridized carbons (Fsp3) is 0.351. The van der Waals surface area contributed by atoms with Crippen LogP contribution in [0.25, 0.3) is 50.4 Å². The molecular formula is C57H62N12O7.